The third-order valence-electron chi connectivity index (χ3n) is 2.37. The Labute approximate surface area is 141 Å². The highest BCUT2D eigenvalue weighted by molar-refractivity contribution is 7.98. The van der Waals surface area contributed by atoms with Gasteiger partial charge in [0.25, 0.3) is 0 Å². The Balaban J connectivity index is 2.38. The summed E-state index contributed by atoms with van der Waals surface area (Å²) in [6.45, 7) is 0.210. The molecule has 1 aromatic heterocycles. The molecular weight excluding hydrogens is 377 g/mol. The summed E-state index contributed by atoms with van der Waals surface area (Å²) < 4.78 is 60.0. The zero-order chi connectivity index (χ0) is 17.5. The number of hydrogen-bond acceptors (Lipinski definition) is 5. The Hall–Kier alpha value is -1.20. The van der Waals surface area contributed by atoms with Crippen LogP contribution in [0.1, 0.15) is 5.69 Å². The van der Waals surface area contributed by atoms with Crippen LogP contribution in [0.2, 0.25) is 5.02 Å². The molecule has 6 nitrogen and oxygen atoms in total. The van der Waals surface area contributed by atoms with Gasteiger partial charge in [-0.2, -0.15) is 33.4 Å². The van der Waals surface area contributed by atoms with Crippen molar-refractivity contribution in [2.45, 2.75) is 11.3 Å². The van der Waals surface area contributed by atoms with E-state index in [1.54, 1.807) is 18.3 Å². The van der Waals surface area contributed by atoms with Crippen LogP contribution in [0.5, 0.6) is 0 Å². The molecule has 130 valence electrons. The molecule has 0 spiro atoms. The van der Waals surface area contributed by atoms with E-state index in [4.69, 9.17) is 11.6 Å². The number of nitrogens with one attached hydrogen (secondary N) is 2. The van der Waals surface area contributed by atoms with Crippen molar-refractivity contribution >= 4 is 39.3 Å². The third-order valence-corrected chi connectivity index (χ3v) is 4.76. The lowest BCUT2D eigenvalue weighted by atomic mass is 10.4. The zero-order valence-corrected chi connectivity index (χ0v) is 14.3. The van der Waals surface area contributed by atoms with Crippen molar-refractivity contribution in [2.75, 3.05) is 19.3 Å². The Morgan fingerprint density at radius 3 is 2.74 bits per heavy atom. The van der Waals surface area contributed by atoms with Gasteiger partial charge in [-0.1, -0.05) is 11.6 Å². The number of thioether (sulfide) groups is 1. The van der Waals surface area contributed by atoms with Crippen molar-refractivity contribution in [2.24, 2.45) is 4.99 Å². The molecule has 1 heterocycles. The molecule has 1 rings (SSSR count). The summed E-state index contributed by atoms with van der Waals surface area (Å²) in [7, 11) is -4.31. The molecule has 0 aliphatic heterocycles. The quantitative estimate of drug-likeness (QED) is 0.441. The maximum absolute atomic E-state index is 12.2. The van der Waals surface area contributed by atoms with E-state index in [2.05, 4.69) is 15.3 Å². The van der Waals surface area contributed by atoms with Crippen molar-refractivity contribution in [1.82, 2.24) is 15.0 Å². The van der Waals surface area contributed by atoms with Gasteiger partial charge in [-0.05, 0) is 12.1 Å². The van der Waals surface area contributed by atoms with Gasteiger partial charge in [-0.3, -0.25) is 9.98 Å². The molecule has 12 heteroatoms. The van der Waals surface area contributed by atoms with Crippen LogP contribution in [-0.4, -0.2) is 44.2 Å². The summed E-state index contributed by atoms with van der Waals surface area (Å²) in [6, 6.07) is 3.41. The van der Waals surface area contributed by atoms with Gasteiger partial charge in [0.1, 0.15) is 0 Å². The van der Waals surface area contributed by atoms with Crippen molar-refractivity contribution in [3.8, 4) is 0 Å². The second-order valence-electron chi connectivity index (χ2n) is 4.03. The average molecular weight is 391 g/mol. The Bertz CT molecular complexity index is 653. The SMILES string of the molecule is CN=C(NCCSCc1ncccc1Cl)NS(=O)(=O)C(F)(F)F. The standard InChI is InChI=1S/C11H14ClF3N4O2S2/c1-16-10(19-23(20,21)11(13,14)15)18-5-6-22-7-9-8(12)3-2-4-17-9/h2-4H,5-7H2,1H3,(H2,16,18,19). The fourth-order valence-corrected chi connectivity index (χ4v) is 2.90. The lowest BCUT2D eigenvalue weighted by Crippen LogP contribution is -2.46. The average Bonchev–Trinajstić information content (AvgIpc) is 2.46. The molecule has 0 fully saturated rings. The number of hydrogen-bond donors (Lipinski definition) is 2. The predicted octanol–water partition coefficient (Wildman–Crippen LogP) is 1.98. The number of pyridine rings is 1. The number of aromatic nitrogens is 1. The van der Waals surface area contributed by atoms with Gasteiger partial charge in [0.2, 0.25) is 5.96 Å². The Morgan fingerprint density at radius 2 is 2.17 bits per heavy atom. The number of aliphatic imine (C=N–C) groups is 1. The second kappa shape index (κ2) is 8.60. The van der Waals surface area contributed by atoms with Crippen LogP contribution in [0, 0.1) is 0 Å². The second-order valence-corrected chi connectivity index (χ2v) is 7.22. The maximum atomic E-state index is 12.2. The molecule has 0 unspecified atom stereocenters. The van der Waals surface area contributed by atoms with Crippen molar-refractivity contribution in [1.29, 1.82) is 0 Å². The molecule has 0 amide bonds. The van der Waals surface area contributed by atoms with Crippen LogP contribution in [0.4, 0.5) is 13.2 Å². The molecule has 0 radical (unpaired) electrons. The van der Waals surface area contributed by atoms with Crippen LogP contribution >= 0.6 is 23.4 Å². The van der Waals surface area contributed by atoms with Gasteiger partial charge in [0, 0.05) is 31.3 Å². The summed E-state index contributed by atoms with van der Waals surface area (Å²) in [4.78, 5) is 7.52. The van der Waals surface area contributed by atoms with Crippen LogP contribution in [0.25, 0.3) is 0 Å². The zero-order valence-electron chi connectivity index (χ0n) is 11.9. The topological polar surface area (TPSA) is 83.4 Å². The molecule has 0 atom stereocenters. The number of rotatable bonds is 6. The number of nitrogens with zero attached hydrogens (tertiary/aromatic N) is 2. The molecule has 2 N–H and O–H groups in total. The first-order valence-corrected chi connectivity index (χ1v) is 9.16. The highest BCUT2D eigenvalue weighted by Gasteiger charge is 2.46. The lowest BCUT2D eigenvalue weighted by Gasteiger charge is -2.13. The first-order chi connectivity index (χ1) is 10.7. The largest absolute Gasteiger partial charge is 0.516 e. The fraction of sp³-hybridized carbons (Fsp3) is 0.455. The van der Waals surface area contributed by atoms with E-state index in [9.17, 15) is 21.6 Å². The first-order valence-electron chi connectivity index (χ1n) is 6.14. The molecule has 23 heavy (non-hydrogen) atoms. The number of alkyl halides is 3. The lowest BCUT2D eigenvalue weighted by molar-refractivity contribution is -0.0442. The van der Waals surface area contributed by atoms with Crippen molar-refractivity contribution in [3.63, 3.8) is 0 Å². The van der Waals surface area contributed by atoms with Crippen LogP contribution < -0.4 is 10.0 Å². The monoisotopic (exact) mass is 390 g/mol. The summed E-state index contributed by atoms with van der Waals surface area (Å²) >= 11 is 7.36. The maximum Gasteiger partial charge on any atom is 0.516 e. The smallest absolute Gasteiger partial charge is 0.355 e. The minimum atomic E-state index is -5.48. The van der Waals surface area contributed by atoms with E-state index >= 15 is 0 Å². The minimum absolute atomic E-state index is 0.210. The molecule has 0 aromatic carbocycles. The van der Waals surface area contributed by atoms with Crippen LogP contribution in [0.15, 0.2) is 23.3 Å². The van der Waals surface area contributed by atoms with E-state index in [0.717, 1.165) is 0 Å². The van der Waals surface area contributed by atoms with Gasteiger partial charge in [-0.25, -0.2) is 4.72 Å². The van der Waals surface area contributed by atoms with Crippen LogP contribution in [-0.2, 0) is 15.8 Å². The summed E-state index contributed by atoms with van der Waals surface area (Å²) in [5, 5.41) is 3.01. The van der Waals surface area contributed by atoms with E-state index in [1.165, 1.54) is 23.5 Å². The Morgan fingerprint density at radius 1 is 1.48 bits per heavy atom. The first kappa shape index (κ1) is 19.8. The molecule has 0 saturated carbocycles. The number of guanidine groups is 1. The third kappa shape index (κ3) is 6.43. The highest BCUT2D eigenvalue weighted by Crippen LogP contribution is 2.21. The van der Waals surface area contributed by atoms with Crippen molar-refractivity contribution < 1.29 is 21.6 Å². The predicted molar refractivity (Wildman–Crippen MR) is 84.9 cm³/mol. The number of sulfonamides is 1. The molecule has 0 aliphatic carbocycles. The molecule has 0 aliphatic rings. The van der Waals surface area contributed by atoms with Gasteiger partial charge in [-0.15, -0.1) is 0 Å². The fourth-order valence-electron chi connectivity index (χ4n) is 1.28. The van der Waals surface area contributed by atoms with E-state index in [-0.39, 0.29) is 6.54 Å². The summed E-state index contributed by atoms with van der Waals surface area (Å²) in [5.74, 6) is 0.534. The van der Waals surface area contributed by atoms with Crippen LogP contribution in [0.3, 0.4) is 0 Å². The summed E-state index contributed by atoms with van der Waals surface area (Å²) in [5.41, 5.74) is -4.70. The van der Waals surface area contributed by atoms with Gasteiger partial charge >= 0.3 is 15.5 Å². The highest BCUT2D eigenvalue weighted by atomic mass is 35.5. The van der Waals surface area contributed by atoms with E-state index < -0.39 is 21.5 Å². The van der Waals surface area contributed by atoms with E-state index in [0.29, 0.717) is 22.2 Å². The summed E-state index contributed by atoms with van der Waals surface area (Å²) in [6.07, 6.45) is 1.60. The normalized spacial score (nSPS) is 13.0. The van der Waals surface area contributed by atoms with E-state index in [1.807, 2.05) is 0 Å². The van der Waals surface area contributed by atoms with Gasteiger partial charge in [0.05, 0.1) is 10.7 Å². The number of halogens is 4. The van der Waals surface area contributed by atoms with Gasteiger partial charge in [0.15, 0.2) is 0 Å². The molecule has 0 bridgehead atoms. The van der Waals surface area contributed by atoms with Crippen molar-refractivity contribution in [3.05, 3.63) is 29.0 Å². The Kier molecular flexibility index (Phi) is 7.42. The molecule has 1 aromatic rings. The molecule has 0 saturated heterocycles. The minimum Gasteiger partial charge on any atom is -0.355 e. The van der Waals surface area contributed by atoms with Gasteiger partial charge < -0.3 is 5.32 Å². The molecular formula is C11H14ClF3N4O2S2.